The Labute approximate surface area is 382 Å². The minimum Gasteiger partial charge on any atom is -0.481 e. The lowest BCUT2D eigenvalue weighted by molar-refractivity contribution is -0.123. The first-order valence-electron chi connectivity index (χ1n) is 22.9. The van der Waals surface area contributed by atoms with E-state index in [9.17, 15) is 4.79 Å². The average Bonchev–Trinajstić information content (AvgIpc) is 4.12. The summed E-state index contributed by atoms with van der Waals surface area (Å²) in [5.74, 6) is 1.04. The fourth-order valence-electron chi connectivity index (χ4n) is 9.13. The summed E-state index contributed by atoms with van der Waals surface area (Å²) < 4.78 is 36.6. The number of imidazole rings is 1. The Bertz CT molecular complexity index is 2880. The number of hydrogen-bond donors (Lipinski definition) is 2. The monoisotopic (exact) mass is 896 g/mol. The van der Waals surface area contributed by atoms with E-state index in [0.29, 0.717) is 19.4 Å². The molecule has 338 valence electrons. The molecule has 0 atom stereocenters. The van der Waals surface area contributed by atoms with Crippen molar-refractivity contribution < 1.29 is 23.2 Å². The number of nitrogens with zero attached hydrogens (tertiary/aromatic N) is 6. The van der Waals surface area contributed by atoms with E-state index in [1.165, 1.54) is 33.4 Å². The van der Waals surface area contributed by atoms with Crippen LogP contribution in [0.4, 0.5) is 4.39 Å². The van der Waals surface area contributed by atoms with Crippen LogP contribution in [0.1, 0.15) is 54.6 Å². The molecule has 0 bridgehead atoms. The lowest BCUT2D eigenvalue weighted by Gasteiger charge is -2.27. The van der Waals surface area contributed by atoms with Gasteiger partial charge < -0.3 is 33.8 Å². The van der Waals surface area contributed by atoms with Gasteiger partial charge in [0.25, 0.3) is 5.91 Å². The third-order valence-electron chi connectivity index (χ3n) is 12.5. The quantitative estimate of drug-likeness (QED) is 0.0721. The van der Waals surface area contributed by atoms with Crippen LogP contribution in [-0.4, -0.2) is 87.6 Å². The molecule has 12 nitrogen and oxygen atoms in total. The highest BCUT2D eigenvalue weighted by atomic mass is 32.1. The molecule has 2 N–H and O–H groups in total. The molecule has 0 spiro atoms. The Kier molecular flexibility index (Phi) is 14.0. The van der Waals surface area contributed by atoms with Gasteiger partial charge in [0.05, 0.1) is 41.1 Å². The molecule has 0 unspecified atom stereocenters. The molecule has 1 aliphatic heterocycles. The first-order chi connectivity index (χ1) is 31.8. The number of ether oxygens (including phenoxy) is 2. The summed E-state index contributed by atoms with van der Waals surface area (Å²) in [6.07, 6.45) is 4.06. The molecule has 5 heterocycles. The summed E-state index contributed by atoms with van der Waals surface area (Å²) >= 11 is 1.62. The summed E-state index contributed by atoms with van der Waals surface area (Å²) in [5.41, 5.74) is 13.4. The van der Waals surface area contributed by atoms with Crippen LogP contribution in [0.2, 0.25) is 0 Å². The van der Waals surface area contributed by atoms with Gasteiger partial charge >= 0.3 is 0 Å². The number of aryl methyl sites for hydroxylation is 5. The Morgan fingerprint density at radius 2 is 1.68 bits per heavy atom. The highest BCUT2D eigenvalue weighted by Gasteiger charge is 2.19. The van der Waals surface area contributed by atoms with Crippen molar-refractivity contribution >= 4 is 50.1 Å². The molecule has 0 aliphatic carbocycles. The Balaban J connectivity index is 0.712. The van der Waals surface area contributed by atoms with E-state index in [4.69, 9.17) is 19.0 Å². The number of aromatic nitrogens is 5. The molecule has 9 rings (SSSR count). The zero-order valence-corrected chi connectivity index (χ0v) is 38.3. The molecule has 4 aromatic heterocycles. The SMILES string of the molecule is CCn1c2ccc(CNCCCCCNC(=O)COc3ccc(CCc4nc5cc(-c6c(C)noc6C)ccc5n4CCN4CCOCC4)cc3F)cc2c2ccc(-c3cscn3)cc21. The van der Waals surface area contributed by atoms with Gasteiger partial charge in [0.2, 0.25) is 0 Å². The van der Waals surface area contributed by atoms with Crippen LogP contribution in [0, 0.1) is 19.7 Å². The van der Waals surface area contributed by atoms with Gasteiger partial charge in [-0.25, -0.2) is 14.4 Å². The standard InChI is InChI=1S/C51H57FN8O4S/c1-4-59-45-14-8-37(26-41(45)40-13-11-38(29-47(40)59)44-32-65-33-55-44)30-53-18-6-5-7-19-54-50(61)31-63-48-16-9-36(27-42(48)52)10-17-49-56-43-28-39(51-34(2)57-64-35(51)3)12-15-46(43)60(49)21-20-58-22-24-62-25-23-58/h8-9,11-16,26-29,32-33,53H,4-7,10,17-25,30-31H2,1-3H3,(H,54,61). The predicted molar refractivity (Wildman–Crippen MR) is 256 cm³/mol. The summed E-state index contributed by atoms with van der Waals surface area (Å²) in [4.78, 5) is 24.6. The van der Waals surface area contributed by atoms with Crippen LogP contribution in [-0.2, 0) is 42.0 Å². The van der Waals surface area contributed by atoms with E-state index in [1.807, 2.05) is 25.4 Å². The van der Waals surface area contributed by atoms with E-state index >= 15 is 4.39 Å². The summed E-state index contributed by atoms with van der Waals surface area (Å²) in [5, 5.41) is 15.3. The first kappa shape index (κ1) is 44.3. The van der Waals surface area contributed by atoms with Crippen LogP contribution in [0.15, 0.2) is 88.2 Å². The minimum absolute atomic E-state index is 0.0654. The van der Waals surface area contributed by atoms with Crippen LogP contribution >= 0.6 is 11.3 Å². The largest absolute Gasteiger partial charge is 0.481 e. The Morgan fingerprint density at radius 3 is 2.48 bits per heavy atom. The van der Waals surface area contributed by atoms with Gasteiger partial charge in [-0.15, -0.1) is 11.3 Å². The van der Waals surface area contributed by atoms with Crippen molar-refractivity contribution in [3.8, 4) is 28.1 Å². The second-order valence-electron chi connectivity index (χ2n) is 16.9. The second kappa shape index (κ2) is 20.5. The third kappa shape index (κ3) is 10.2. The lowest BCUT2D eigenvalue weighted by atomic mass is 10.0. The molecule has 1 saturated heterocycles. The number of halogens is 1. The number of morpholine rings is 1. The molecule has 1 aliphatic rings. The van der Waals surface area contributed by atoms with Gasteiger partial charge in [0, 0.05) is 90.5 Å². The predicted octanol–water partition coefficient (Wildman–Crippen LogP) is 9.27. The summed E-state index contributed by atoms with van der Waals surface area (Å²) in [7, 11) is 0. The number of benzene rings is 4. The maximum atomic E-state index is 15.3. The molecule has 1 fully saturated rings. The van der Waals surface area contributed by atoms with Crippen molar-refractivity contribution in [1.29, 1.82) is 0 Å². The number of fused-ring (bicyclic) bond motifs is 4. The highest BCUT2D eigenvalue weighted by Crippen LogP contribution is 2.34. The van der Waals surface area contributed by atoms with Gasteiger partial charge in [-0.2, -0.15) is 0 Å². The van der Waals surface area contributed by atoms with E-state index in [2.05, 4.69) is 102 Å². The maximum absolute atomic E-state index is 15.3. The van der Waals surface area contributed by atoms with Gasteiger partial charge in [-0.3, -0.25) is 9.69 Å². The fraction of sp³-hybridized carbons (Fsp3) is 0.373. The van der Waals surface area contributed by atoms with Crippen molar-refractivity contribution in [3.63, 3.8) is 0 Å². The normalized spacial score (nSPS) is 13.4. The number of thiazole rings is 1. The molecule has 1 amide bonds. The molecule has 14 heteroatoms. The number of carbonyl (C=O) groups excluding carboxylic acids is 1. The maximum Gasteiger partial charge on any atom is 0.257 e. The molecule has 4 aromatic carbocycles. The van der Waals surface area contributed by atoms with E-state index < -0.39 is 5.82 Å². The second-order valence-corrected chi connectivity index (χ2v) is 17.6. The number of carbonyl (C=O) groups is 1. The van der Waals surface area contributed by atoms with Crippen LogP contribution in [0.5, 0.6) is 5.75 Å². The molecule has 0 radical (unpaired) electrons. The molecule has 65 heavy (non-hydrogen) atoms. The van der Waals surface area contributed by atoms with Crippen LogP contribution < -0.4 is 15.4 Å². The number of amides is 1. The zero-order valence-electron chi connectivity index (χ0n) is 37.5. The number of nitrogens with one attached hydrogen (secondary N) is 2. The number of unbranched alkanes of at least 4 members (excludes halogenated alkanes) is 2. The highest BCUT2D eigenvalue weighted by molar-refractivity contribution is 7.07. The fourth-order valence-corrected chi connectivity index (χ4v) is 9.69. The molecule has 0 saturated carbocycles. The van der Waals surface area contributed by atoms with Crippen molar-refractivity contribution in [2.24, 2.45) is 0 Å². The van der Waals surface area contributed by atoms with Crippen molar-refractivity contribution in [2.75, 3.05) is 52.5 Å². The average molecular weight is 897 g/mol. The minimum atomic E-state index is -0.485. The van der Waals surface area contributed by atoms with Crippen LogP contribution in [0.3, 0.4) is 0 Å². The number of rotatable bonds is 20. The van der Waals surface area contributed by atoms with Gasteiger partial charge in [-0.1, -0.05) is 41.9 Å². The topological polar surface area (TPSA) is 125 Å². The number of hydrogen-bond acceptors (Lipinski definition) is 10. The first-order valence-corrected chi connectivity index (χ1v) is 23.8. The van der Waals surface area contributed by atoms with Gasteiger partial charge in [-0.05, 0) is 106 Å². The molecular formula is C51H57FN8O4S. The van der Waals surface area contributed by atoms with E-state index in [0.717, 1.165) is 135 Å². The van der Waals surface area contributed by atoms with Gasteiger partial charge in [0.1, 0.15) is 11.6 Å². The smallest absolute Gasteiger partial charge is 0.257 e. The van der Waals surface area contributed by atoms with E-state index in [1.54, 1.807) is 17.4 Å². The summed E-state index contributed by atoms with van der Waals surface area (Å²) in [6.45, 7) is 14.0. The zero-order chi connectivity index (χ0) is 44.7. The third-order valence-corrected chi connectivity index (χ3v) is 13.1. The van der Waals surface area contributed by atoms with Crippen molar-refractivity contribution in [1.82, 2.24) is 39.8 Å². The lowest BCUT2D eigenvalue weighted by Crippen LogP contribution is -2.38. The Morgan fingerprint density at radius 1 is 0.846 bits per heavy atom. The Hall–Kier alpha value is -5.93. The molecule has 8 aromatic rings. The van der Waals surface area contributed by atoms with E-state index in [-0.39, 0.29) is 18.3 Å². The van der Waals surface area contributed by atoms with Crippen molar-refractivity contribution in [2.45, 2.75) is 72.5 Å². The van der Waals surface area contributed by atoms with Crippen LogP contribution in [0.25, 0.3) is 55.2 Å². The summed E-state index contributed by atoms with van der Waals surface area (Å²) in [6, 6.07) is 24.7. The molecular weight excluding hydrogens is 840 g/mol. The van der Waals surface area contributed by atoms with Gasteiger partial charge in [0.15, 0.2) is 18.2 Å². The van der Waals surface area contributed by atoms with Crippen molar-refractivity contribution in [3.05, 3.63) is 118 Å².